The fourth-order valence-corrected chi connectivity index (χ4v) is 2.24. The lowest BCUT2D eigenvalue weighted by molar-refractivity contribution is 0.124. The minimum absolute atomic E-state index is 0.0497. The first kappa shape index (κ1) is 15.6. The van der Waals surface area contributed by atoms with Crippen LogP contribution in [-0.2, 0) is 18.3 Å². The number of aliphatic hydroxyl groups excluding tert-OH is 1. The summed E-state index contributed by atoms with van der Waals surface area (Å²) in [5.41, 5.74) is 0.651. The molecule has 0 unspecified atom stereocenters. The van der Waals surface area contributed by atoms with Gasteiger partial charge in [-0.15, -0.1) is 0 Å². The van der Waals surface area contributed by atoms with Gasteiger partial charge in [-0.05, 0) is 12.1 Å². The van der Waals surface area contributed by atoms with Crippen LogP contribution >= 0.6 is 0 Å². The molecule has 6 nitrogen and oxygen atoms in total. The molecule has 0 amide bonds. The number of hydrogen-bond donors (Lipinski definition) is 1. The lowest BCUT2D eigenvalue weighted by Gasteiger charge is -2.21. The van der Waals surface area contributed by atoms with Crippen LogP contribution in [0.15, 0.2) is 29.1 Å². The summed E-state index contributed by atoms with van der Waals surface area (Å²) in [5, 5.41) is 9.76. The van der Waals surface area contributed by atoms with Crippen molar-refractivity contribution in [3.63, 3.8) is 0 Å². The molecule has 1 heterocycles. The van der Waals surface area contributed by atoms with Gasteiger partial charge in [0, 0.05) is 27.2 Å². The Morgan fingerprint density at radius 3 is 2.81 bits per heavy atom. The van der Waals surface area contributed by atoms with Crippen LogP contribution in [0.2, 0.25) is 0 Å². The predicted octanol–water partition coefficient (Wildman–Crippen LogP) is 0.374. The van der Waals surface area contributed by atoms with Crippen LogP contribution in [0.1, 0.15) is 5.82 Å². The van der Waals surface area contributed by atoms with Gasteiger partial charge >= 0.3 is 0 Å². The smallest absolute Gasteiger partial charge is 0.261 e. The molecule has 0 saturated carbocycles. The van der Waals surface area contributed by atoms with Gasteiger partial charge in [0.15, 0.2) is 0 Å². The molecule has 1 N–H and O–H groups in total. The summed E-state index contributed by atoms with van der Waals surface area (Å²) in [6.07, 6.45) is 0. The maximum absolute atomic E-state index is 12.3. The molecule has 0 radical (unpaired) electrons. The van der Waals surface area contributed by atoms with Crippen LogP contribution < -0.4 is 5.56 Å². The number of rotatable bonds is 7. The third-order valence-corrected chi connectivity index (χ3v) is 3.47. The maximum Gasteiger partial charge on any atom is 0.261 e. The van der Waals surface area contributed by atoms with Crippen molar-refractivity contribution in [2.24, 2.45) is 7.05 Å². The zero-order valence-electron chi connectivity index (χ0n) is 12.5. The molecule has 0 aliphatic rings. The van der Waals surface area contributed by atoms with Crippen molar-refractivity contribution in [2.75, 3.05) is 33.4 Å². The van der Waals surface area contributed by atoms with Crippen LogP contribution in [0, 0.1) is 0 Å². The van der Waals surface area contributed by atoms with Gasteiger partial charge in [-0.1, -0.05) is 12.1 Å². The summed E-state index contributed by atoms with van der Waals surface area (Å²) >= 11 is 0. The van der Waals surface area contributed by atoms with Crippen molar-refractivity contribution in [2.45, 2.75) is 6.54 Å². The minimum Gasteiger partial charge on any atom is -0.395 e. The molecule has 0 bridgehead atoms. The summed E-state index contributed by atoms with van der Waals surface area (Å²) in [6, 6.07) is 7.33. The Morgan fingerprint density at radius 2 is 2.10 bits per heavy atom. The number of aromatic nitrogens is 2. The maximum atomic E-state index is 12.3. The van der Waals surface area contributed by atoms with Gasteiger partial charge in [-0.2, -0.15) is 0 Å². The second kappa shape index (κ2) is 7.31. The third-order valence-electron chi connectivity index (χ3n) is 3.47. The van der Waals surface area contributed by atoms with E-state index in [2.05, 4.69) is 4.98 Å². The summed E-state index contributed by atoms with van der Waals surface area (Å²) in [5.74, 6) is 0.684. The van der Waals surface area contributed by atoms with Crippen LogP contribution in [0.4, 0.5) is 0 Å². The topological polar surface area (TPSA) is 67.6 Å². The third kappa shape index (κ3) is 3.66. The van der Waals surface area contributed by atoms with E-state index in [-0.39, 0.29) is 12.2 Å². The normalized spacial score (nSPS) is 11.4. The molecule has 1 aromatic heterocycles. The molecule has 2 aromatic rings. The SMILES string of the molecule is COCCN(CCO)Cc1nc2ccccc2c(=O)n1C. The molecule has 0 fully saturated rings. The molecule has 114 valence electrons. The molecule has 0 saturated heterocycles. The van der Waals surface area contributed by atoms with E-state index in [0.29, 0.717) is 43.0 Å². The fourth-order valence-electron chi connectivity index (χ4n) is 2.24. The van der Waals surface area contributed by atoms with Crippen LogP contribution in [-0.4, -0.2) is 53.0 Å². The van der Waals surface area contributed by atoms with Gasteiger partial charge in [0.2, 0.25) is 0 Å². The molecule has 0 spiro atoms. The molecule has 0 atom stereocenters. The Labute approximate surface area is 123 Å². The zero-order valence-corrected chi connectivity index (χ0v) is 12.5. The van der Waals surface area contributed by atoms with Crippen molar-refractivity contribution < 1.29 is 9.84 Å². The Hall–Kier alpha value is -1.76. The highest BCUT2D eigenvalue weighted by atomic mass is 16.5. The highest BCUT2D eigenvalue weighted by Gasteiger charge is 2.12. The number of ether oxygens (including phenoxy) is 1. The van der Waals surface area contributed by atoms with E-state index in [1.807, 2.05) is 23.1 Å². The lowest BCUT2D eigenvalue weighted by atomic mass is 10.2. The van der Waals surface area contributed by atoms with E-state index in [9.17, 15) is 4.79 Å². The molecule has 6 heteroatoms. The predicted molar refractivity (Wildman–Crippen MR) is 81.2 cm³/mol. The highest BCUT2D eigenvalue weighted by molar-refractivity contribution is 5.77. The molecule has 21 heavy (non-hydrogen) atoms. The van der Waals surface area contributed by atoms with E-state index in [4.69, 9.17) is 9.84 Å². The quantitative estimate of drug-likeness (QED) is 0.798. The van der Waals surface area contributed by atoms with E-state index in [1.54, 1.807) is 24.8 Å². The van der Waals surface area contributed by atoms with Gasteiger partial charge < -0.3 is 9.84 Å². The Balaban J connectivity index is 2.32. The number of nitrogens with zero attached hydrogens (tertiary/aromatic N) is 3. The minimum atomic E-state index is -0.0497. The second-order valence-corrected chi connectivity index (χ2v) is 4.90. The average molecular weight is 291 g/mol. The summed E-state index contributed by atoms with van der Waals surface area (Å²) in [7, 11) is 3.37. The first-order chi connectivity index (χ1) is 10.2. The van der Waals surface area contributed by atoms with Crippen molar-refractivity contribution in [3.8, 4) is 0 Å². The Kier molecular flexibility index (Phi) is 5.44. The number of fused-ring (bicyclic) bond motifs is 1. The Bertz CT molecular complexity index is 654. The monoisotopic (exact) mass is 291 g/mol. The average Bonchev–Trinajstić information content (AvgIpc) is 2.50. The molecular formula is C15H21N3O3. The molecule has 2 rings (SSSR count). The molecule has 0 aliphatic carbocycles. The largest absolute Gasteiger partial charge is 0.395 e. The van der Waals surface area contributed by atoms with Gasteiger partial charge in [0.05, 0.1) is 30.7 Å². The second-order valence-electron chi connectivity index (χ2n) is 4.90. The molecule has 0 aliphatic heterocycles. The molecule has 1 aromatic carbocycles. The van der Waals surface area contributed by atoms with Crippen LogP contribution in [0.3, 0.4) is 0 Å². The Morgan fingerprint density at radius 1 is 1.33 bits per heavy atom. The first-order valence-electron chi connectivity index (χ1n) is 6.94. The first-order valence-corrected chi connectivity index (χ1v) is 6.94. The van der Waals surface area contributed by atoms with Crippen LogP contribution in [0.25, 0.3) is 10.9 Å². The summed E-state index contributed by atoms with van der Waals surface area (Å²) in [6.45, 7) is 2.33. The van der Waals surface area contributed by atoms with E-state index < -0.39 is 0 Å². The molecular weight excluding hydrogens is 270 g/mol. The van der Waals surface area contributed by atoms with Crippen LogP contribution in [0.5, 0.6) is 0 Å². The lowest BCUT2D eigenvalue weighted by Crippen LogP contribution is -2.33. The van der Waals surface area contributed by atoms with E-state index in [1.165, 1.54) is 0 Å². The number of methoxy groups -OCH3 is 1. The summed E-state index contributed by atoms with van der Waals surface area (Å²) < 4.78 is 6.64. The van der Waals surface area contributed by atoms with Crippen molar-refractivity contribution >= 4 is 10.9 Å². The van der Waals surface area contributed by atoms with Gasteiger partial charge in [0.1, 0.15) is 5.82 Å². The highest BCUT2D eigenvalue weighted by Crippen LogP contribution is 2.08. The van der Waals surface area contributed by atoms with Gasteiger partial charge in [-0.25, -0.2) is 4.98 Å². The fraction of sp³-hybridized carbons (Fsp3) is 0.467. The van der Waals surface area contributed by atoms with Crippen molar-refractivity contribution in [1.82, 2.24) is 14.5 Å². The van der Waals surface area contributed by atoms with Gasteiger partial charge in [0.25, 0.3) is 5.56 Å². The standard InChI is InChI=1S/C15H21N3O3/c1-17-14(11-18(7-9-19)8-10-21-2)16-13-6-4-3-5-12(13)15(17)20/h3-6,19H,7-11H2,1-2H3. The van der Waals surface area contributed by atoms with Crippen molar-refractivity contribution in [3.05, 3.63) is 40.4 Å². The number of benzene rings is 1. The van der Waals surface area contributed by atoms with Gasteiger partial charge in [-0.3, -0.25) is 14.3 Å². The van der Waals surface area contributed by atoms with E-state index in [0.717, 1.165) is 0 Å². The number of para-hydroxylation sites is 1. The zero-order chi connectivity index (χ0) is 15.2. The number of hydrogen-bond acceptors (Lipinski definition) is 5. The van der Waals surface area contributed by atoms with Crippen molar-refractivity contribution in [1.29, 1.82) is 0 Å². The van der Waals surface area contributed by atoms with E-state index >= 15 is 0 Å². The number of aliphatic hydroxyl groups is 1. The summed E-state index contributed by atoms with van der Waals surface area (Å²) in [4.78, 5) is 18.9.